The Bertz CT molecular complexity index is 357. The minimum atomic E-state index is -0.395. The van der Waals surface area contributed by atoms with Gasteiger partial charge in [0.25, 0.3) is 0 Å². The molecule has 1 aliphatic carbocycles. The maximum atomic E-state index is 12.0. The van der Waals surface area contributed by atoms with E-state index in [1.54, 1.807) is 0 Å². The quantitative estimate of drug-likeness (QED) is 0.861. The van der Waals surface area contributed by atoms with Gasteiger partial charge >= 0.3 is 6.09 Å². The van der Waals surface area contributed by atoms with Crippen LogP contribution in [-0.4, -0.2) is 42.8 Å². The van der Waals surface area contributed by atoms with Gasteiger partial charge in [-0.25, -0.2) is 4.79 Å². The SMILES string of the molecule is CC1CCC(CNCC2CCN(C(=O)OC(C)(C)C)CC2)C1. The molecule has 2 rings (SSSR count). The van der Waals surface area contributed by atoms with Crippen LogP contribution < -0.4 is 5.32 Å². The van der Waals surface area contributed by atoms with Crippen molar-refractivity contribution >= 4 is 6.09 Å². The molecule has 0 aromatic rings. The van der Waals surface area contributed by atoms with Crippen molar-refractivity contribution in [3.05, 3.63) is 0 Å². The first-order valence-corrected chi connectivity index (χ1v) is 9.02. The summed E-state index contributed by atoms with van der Waals surface area (Å²) in [5, 5.41) is 3.67. The number of rotatable bonds is 4. The first-order valence-electron chi connectivity index (χ1n) is 9.02. The van der Waals surface area contributed by atoms with Gasteiger partial charge in [-0.05, 0) is 77.3 Å². The van der Waals surface area contributed by atoms with Crippen molar-refractivity contribution in [2.45, 2.75) is 65.4 Å². The summed E-state index contributed by atoms with van der Waals surface area (Å²) in [7, 11) is 0. The highest BCUT2D eigenvalue weighted by molar-refractivity contribution is 5.68. The van der Waals surface area contributed by atoms with Gasteiger partial charge in [0.1, 0.15) is 5.60 Å². The summed E-state index contributed by atoms with van der Waals surface area (Å²) in [6.07, 6.45) is 6.22. The van der Waals surface area contributed by atoms with Crippen LogP contribution in [0.4, 0.5) is 4.79 Å². The van der Waals surface area contributed by atoms with E-state index in [-0.39, 0.29) is 6.09 Å². The second-order valence-electron chi connectivity index (χ2n) is 8.35. The number of carbonyl (C=O) groups is 1. The largest absolute Gasteiger partial charge is 0.444 e. The third kappa shape index (κ3) is 5.79. The highest BCUT2D eigenvalue weighted by Crippen LogP contribution is 2.29. The summed E-state index contributed by atoms with van der Waals surface area (Å²) in [4.78, 5) is 13.9. The number of nitrogens with zero attached hydrogens (tertiary/aromatic N) is 1. The second-order valence-corrected chi connectivity index (χ2v) is 8.35. The monoisotopic (exact) mass is 310 g/mol. The molecule has 0 bridgehead atoms. The fraction of sp³-hybridized carbons (Fsp3) is 0.944. The minimum absolute atomic E-state index is 0.154. The average Bonchev–Trinajstić information content (AvgIpc) is 2.83. The number of hydrogen-bond donors (Lipinski definition) is 1. The molecule has 1 N–H and O–H groups in total. The van der Waals surface area contributed by atoms with Gasteiger partial charge in [-0.15, -0.1) is 0 Å². The van der Waals surface area contributed by atoms with Crippen molar-refractivity contribution < 1.29 is 9.53 Å². The Morgan fingerprint density at radius 3 is 2.27 bits per heavy atom. The molecule has 1 saturated heterocycles. The first-order chi connectivity index (χ1) is 10.3. The molecule has 1 aliphatic heterocycles. The molecule has 2 atom stereocenters. The lowest BCUT2D eigenvalue weighted by Gasteiger charge is -2.33. The van der Waals surface area contributed by atoms with Gasteiger partial charge in [-0.3, -0.25) is 0 Å². The highest BCUT2D eigenvalue weighted by atomic mass is 16.6. The number of amides is 1. The Morgan fingerprint density at radius 1 is 1.09 bits per heavy atom. The predicted molar refractivity (Wildman–Crippen MR) is 89.9 cm³/mol. The van der Waals surface area contributed by atoms with Crippen LogP contribution in [0.3, 0.4) is 0 Å². The third-order valence-corrected chi connectivity index (χ3v) is 4.94. The molecule has 128 valence electrons. The van der Waals surface area contributed by atoms with E-state index in [1.165, 1.54) is 25.8 Å². The molecule has 2 aliphatic rings. The van der Waals surface area contributed by atoms with Gasteiger partial charge in [0, 0.05) is 13.1 Å². The van der Waals surface area contributed by atoms with Crippen LogP contribution >= 0.6 is 0 Å². The standard InChI is InChI=1S/C18H34N2O2/c1-14-5-6-16(11-14)13-19-12-15-7-9-20(10-8-15)17(21)22-18(2,3)4/h14-16,19H,5-13H2,1-4H3. The molecule has 2 unspecified atom stereocenters. The first kappa shape index (κ1) is 17.6. The van der Waals surface area contributed by atoms with E-state index in [2.05, 4.69) is 12.2 Å². The Balaban J connectivity index is 1.60. The molecule has 0 radical (unpaired) electrons. The van der Waals surface area contributed by atoms with Crippen LogP contribution in [0, 0.1) is 17.8 Å². The summed E-state index contributed by atoms with van der Waals surface area (Å²) in [6, 6.07) is 0. The molecule has 0 spiro atoms. The van der Waals surface area contributed by atoms with Gasteiger partial charge in [-0.2, -0.15) is 0 Å². The molecule has 2 fully saturated rings. The number of carbonyl (C=O) groups excluding carboxylic acids is 1. The highest BCUT2D eigenvalue weighted by Gasteiger charge is 2.27. The van der Waals surface area contributed by atoms with Gasteiger partial charge in [0.15, 0.2) is 0 Å². The van der Waals surface area contributed by atoms with Gasteiger partial charge in [0.05, 0.1) is 0 Å². The maximum absolute atomic E-state index is 12.0. The normalized spacial score (nSPS) is 27.2. The molecular weight excluding hydrogens is 276 g/mol. The van der Waals surface area contributed by atoms with E-state index in [1.807, 2.05) is 25.7 Å². The van der Waals surface area contributed by atoms with Crippen molar-refractivity contribution in [1.29, 1.82) is 0 Å². The Morgan fingerprint density at radius 2 is 1.73 bits per heavy atom. The zero-order valence-corrected chi connectivity index (χ0v) is 14.9. The van der Waals surface area contributed by atoms with Crippen LogP contribution in [-0.2, 0) is 4.74 Å². The summed E-state index contributed by atoms with van der Waals surface area (Å²) in [6.45, 7) is 12.1. The number of ether oxygens (including phenoxy) is 1. The molecule has 1 saturated carbocycles. The molecule has 0 aromatic carbocycles. The molecule has 0 aromatic heterocycles. The van der Waals surface area contributed by atoms with Gasteiger partial charge in [-0.1, -0.05) is 13.3 Å². The van der Waals surface area contributed by atoms with E-state index < -0.39 is 5.60 Å². The van der Waals surface area contributed by atoms with Crippen LogP contribution in [0.25, 0.3) is 0 Å². The van der Waals surface area contributed by atoms with Crippen LogP contribution in [0.1, 0.15) is 59.8 Å². The van der Waals surface area contributed by atoms with Gasteiger partial charge in [0.2, 0.25) is 0 Å². The predicted octanol–water partition coefficient (Wildman–Crippen LogP) is 3.66. The van der Waals surface area contributed by atoms with Crippen LogP contribution in [0.2, 0.25) is 0 Å². The van der Waals surface area contributed by atoms with Crippen molar-refractivity contribution in [2.75, 3.05) is 26.2 Å². The third-order valence-electron chi connectivity index (χ3n) is 4.94. The lowest BCUT2D eigenvalue weighted by atomic mass is 9.96. The van der Waals surface area contributed by atoms with Crippen molar-refractivity contribution in [2.24, 2.45) is 17.8 Å². The molecule has 1 amide bonds. The fourth-order valence-corrected chi connectivity index (χ4v) is 3.65. The topological polar surface area (TPSA) is 41.6 Å². The zero-order chi connectivity index (χ0) is 16.2. The van der Waals surface area contributed by atoms with Crippen LogP contribution in [0.15, 0.2) is 0 Å². The van der Waals surface area contributed by atoms with Crippen molar-refractivity contribution in [3.63, 3.8) is 0 Å². The number of hydrogen-bond acceptors (Lipinski definition) is 3. The summed E-state index contributed by atoms with van der Waals surface area (Å²) < 4.78 is 5.44. The van der Waals surface area contributed by atoms with Crippen molar-refractivity contribution in [3.8, 4) is 0 Å². The summed E-state index contributed by atoms with van der Waals surface area (Å²) in [5.41, 5.74) is -0.395. The van der Waals surface area contributed by atoms with E-state index in [0.717, 1.165) is 44.3 Å². The minimum Gasteiger partial charge on any atom is -0.444 e. The van der Waals surface area contributed by atoms with Crippen molar-refractivity contribution in [1.82, 2.24) is 10.2 Å². The molecule has 4 heteroatoms. The number of piperidine rings is 1. The molecule has 22 heavy (non-hydrogen) atoms. The van der Waals surface area contributed by atoms with E-state index in [9.17, 15) is 4.79 Å². The van der Waals surface area contributed by atoms with Crippen LogP contribution in [0.5, 0.6) is 0 Å². The Hall–Kier alpha value is -0.770. The Kier molecular flexibility index (Phi) is 6.13. The molecule has 4 nitrogen and oxygen atoms in total. The maximum Gasteiger partial charge on any atom is 0.410 e. The average molecular weight is 310 g/mol. The second kappa shape index (κ2) is 7.67. The molecular formula is C18H34N2O2. The summed E-state index contributed by atoms with van der Waals surface area (Å²) in [5.74, 6) is 2.51. The van der Waals surface area contributed by atoms with E-state index in [4.69, 9.17) is 4.74 Å². The van der Waals surface area contributed by atoms with E-state index in [0.29, 0.717) is 5.92 Å². The number of nitrogens with one attached hydrogen (secondary N) is 1. The lowest BCUT2D eigenvalue weighted by Crippen LogP contribution is -2.43. The summed E-state index contributed by atoms with van der Waals surface area (Å²) >= 11 is 0. The fourth-order valence-electron chi connectivity index (χ4n) is 3.65. The lowest BCUT2D eigenvalue weighted by molar-refractivity contribution is 0.0184. The zero-order valence-electron chi connectivity index (χ0n) is 14.9. The molecule has 1 heterocycles. The smallest absolute Gasteiger partial charge is 0.410 e. The van der Waals surface area contributed by atoms with E-state index >= 15 is 0 Å². The number of likely N-dealkylation sites (tertiary alicyclic amines) is 1. The Labute approximate surface area is 136 Å². The van der Waals surface area contributed by atoms with Gasteiger partial charge < -0.3 is 15.0 Å².